The molecule has 2 fully saturated rings. The molecule has 3 aliphatic rings. The van der Waals surface area contributed by atoms with E-state index in [9.17, 15) is 4.79 Å². The molecule has 0 N–H and O–H groups in total. The van der Waals surface area contributed by atoms with Crippen molar-refractivity contribution in [2.45, 2.75) is 64.8 Å². The molecule has 5 nitrogen and oxygen atoms in total. The smallest absolute Gasteiger partial charge is 0.309 e. The molecule has 3 heterocycles. The highest BCUT2D eigenvalue weighted by Crippen LogP contribution is 2.27. The summed E-state index contributed by atoms with van der Waals surface area (Å²) >= 11 is 0. The summed E-state index contributed by atoms with van der Waals surface area (Å²) in [4.78, 5) is 21.7. The number of nitrogens with zero attached hydrogens (tertiary/aromatic N) is 3. The average Bonchev–Trinajstić information content (AvgIpc) is 3.05. The first-order chi connectivity index (χ1) is 12.2. The van der Waals surface area contributed by atoms with E-state index in [4.69, 9.17) is 4.42 Å². The Morgan fingerprint density at radius 3 is 2.80 bits per heavy atom. The molecule has 1 amide bonds. The van der Waals surface area contributed by atoms with Crippen molar-refractivity contribution in [3.05, 3.63) is 17.3 Å². The number of piperidine rings is 1. The van der Waals surface area contributed by atoms with Gasteiger partial charge in [0.15, 0.2) is 0 Å². The second-order valence-electron chi connectivity index (χ2n) is 8.38. The first-order valence-electron chi connectivity index (χ1n) is 10.2. The summed E-state index contributed by atoms with van der Waals surface area (Å²) in [7, 11) is 0. The van der Waals surface area contributed by atoms with Gasteiger partial charge in [-0.3, -0.25) is 9.69 Å². The van der Waals surface area contributed by atoms with Crippen molar-refractivity contribution in [3.8, 4) is 0 Å². The Bertz CT molecular complexity index is 606. The van der Waals surface area contributed by atoms with E-state index >= 15 is 0 Å². The van der Waals surface area contributed by atoms with Crippen LogP contribution in [0.3, 0.4) is 0 Å². The fourth-order valence-electron chi connectivity index (χ4n) is 4.74. The number of oxazole rings is 1. The van der Waals surface area contributed by atoms with Gasteiger partial charge in [0.05, 0.1) is 5.69 Å². The molecule has 1 aromatic heterocycles. The standard InChI is InChI=1S/C20H31N3O2/c1-15-6-5-10-23(12-15)20(24)19-21-17-14-22(11-9-18(17)25-19)13-16-7-3-2-4-8-16/h15-16H,2-14H2,1H3. The molecule has 1 saturated carbocycles. The molecule has 0 aromatic carbocycles. The van der Waals surface area contributed by atoms with Crippen molar-refractivity contribution in [1.82, 2.24) is 14.8 Å². The van der Waals surface area contributed by atoms with Crippen LogP contribution in [0.4, 0.5) is 0 Å². The van der Waals surface area contributed by atoms with E-state index in [1.54, 1.807) is 0 Å². The summed E-state index contributed by atoms with van der Waals surface area (Å²) in [6.07, 6.45) is 10.1. The predicted octanol–water partition coefficient (Wildman–Crippen LogP) is 3.49. The Kier molecular flexibility index (Phi) is 5.11. The second kappa shape index (κ2) is 7.48. The van der Waals surface area contributed by atoms with Crippen LogP contribution in [0.5, 0.6) is 0 Å². The molecule has 5 heteroatoms. The van der Waals surface area contributed by atoms with E-state index in [-0.39, 0.29) is 5.91 Å². The third-order valence-corrected chi connectivity index (χ3v) is 6.18. The van der Waals surface area contributed by atoms with Crippen LogP contribution in [-0.4, -0.2) is 46.9 Å². The monoisotopic (exact) mass is 345 g/mol. The van der Waals surface area contributed by atoms with Gasteiger partial charge in [-0.2, -0.15) is 0 Å². The number of hydrogen-bond donors (Lipinski definition) is 0. The van der Waals surface area contributed by atoms with Gasteiger partial charge in [-0.05, 0) is 37.5 Å². The summed E-state index contributed by atoms with van der Waals surface area (Å²) in [6, 6.07) is 0. The SMILES string of the molecule is CC1CCCN(C(=O)c2nc3c(o2)CCN(CC2CCCCC2)C3)C1. The molecule has 1 aromatic rings. The summed E-state index contributed by atoms with van der Waals surface area (Å²) in [5.41, 5.74) is 0.996. The molecule has 0 bridgehead atoms. The predicted molar refractivity (Wildman–Crippen MR) is 96.4 cm³/mol. The molecular weight excluding hydrogens is 314 g/mol. The van der Waals surface area contributed by atoms with Gasteiger partial charge in [0.1, 0.15) is 5.76 Å². The van der Waals surface area contributed by atoms with Crippen LogP contribution in [0.15, 0.2) is 4.42 Å². The van der Waals surface area contributed by atoms with Crippen molar-refractivity contribution in [3.63, 3.8) is 0 Å². The van der Waals surface area contributed by atoms with E-state index in [2.05, 4.69) is 16.8 Å². The van der Waals surface area contributed by atoms with E-state index < -0.39 is 0 Å². The lowest BCUT2D eigenvalue weighted by atomic mass is 9.88. The maximum absolute atomic E-state index is 12.7. The number of aromatic nitrogens is 1. The Hall–Kier alpha value is -1.36. The number of amides is 1. The summed E-state index contributed by atoms with van der Waals surface area (Å²) in [6.45, 7) is 6.94. The minimum absolute atomic E-state index is 0.0141. The topological polar surface area (TPSA) is 49.6 Å². The summed E-state index contributed by atoms with van der Waals surface area (Å²) < 4.78 is 5.87. The Balaban J connectivity index is 1.39. The summed E-state index contributed by atoms with van der Waals surface area (Å²) in [5.74, 6) is 2.66. The number of carbonyl (C=O) groups excluding carboxylic acids is 1. The van der Waals surface area contributed by atoms with Gasteiger partial charge in [-0.1, -0.05) is 26.2 Å². The van der Waals surface area contributed by atoms with Gasteiger partial charge in [0.25, 0.3) is 5.89 Å². The Morgan fingerprint density at radius 2 is 2.00 bits per heavy atom. The zero-order valence-electron chi connectivity index (χ0n) is 15.5. The zero-order chi connectivity index (χ0) is 17.2. The summed E-state index contributed by atoms with van der Waals surface area (Å²) in [5, 5.41) is 0. The number of carbonyl (C=O) groups is 1. The average molecular weight is 345 g/mol. The highest BCUT2D eigenvalue weighted by atomic mass is 16.4. The molecule has 1 aliphatic carbocycles. The normalized spacial score (nSPS) is 25.8. The molecule has 1 atom stereocenters. The van der Waals surface area contributed by atoms with Crippen molar-refractivity contribution >= 4 is 5.91 Å². The Labute approximate surface area is 150 Å². The lowest BCUT2D eigenvalue weighted by Crippen LogP contribution is -2.39. The number of likely N-dealkylation sites (tertiary alicyclic amines) is 1. The van der Waals surface area contributed by atoms with Crippen molar-refractivity contribution in [2.75, 3.05) is 26.2 Å². The molecule has 2 aliphatic heterocycles. The Morgan fingerprint density at radius 1 is 1.16 bits per heavy atom. The van der Waals surface area contributed by atoms with Crippen LogP contribution in [0.1, 0.15) is 74.0 Å². The minimum atomic E-state index is -0.0141. The van der Waals surface area contributed by atoms with Crippen molar-refractivity contribution in [2.24, 2.45) is 11.8 Å². The molecule has 25 heavy (non-hydrogen) atoms. The van der Waals surface area contributed by atoms with Crippen LogP contribution in [0.25, 0.3) is 0 Å². The van der Waals surface area contributed by atoms with Crippen molar-refractivity contribution in [1.29, 1.82) is 0 Å². The van der Waals surface area contributed by atoms with Gasteiger partial charge in [0, 0.05) is 39.1 Å². The molecular formula is C20H31N3O2. The van der Waals surface area contributed by atoms with E-state index in [0.29, 0.717) is 11.8 Å². The number of rotatable bonds is 3. The van der Waals surface area contributed by atoms with Gasteiger partial charge >= 0.3 is 5.91 Å². The molecule has 1 saturated heterocycles. The fraction of sp³-hybridized carbons (Fsp3) is 0.800. The lowest BCUT2D eigenvalue weighted by molar-refractivity contribution is 0.0640. The van der Waals surface area contributed by atoms with Gasteiger partial charge in [0.2, 0.25) is 0 Å². The molecule has 0 radical (unpaired) electrons. The molecule has 1 unspecified atom stereocenters. The third-order valence-electron chi connectivity index (χ3n) is 6.18. The van der Waals surface area contributed by atoms with Crippen LogP contribution in [-0.2, 0) is 13.0 Å². The highest BCUT2D eigenvalue weighted by Gasteiger charge is 2.30. The number of hydrogen-bond acceptors (Lipinski definition) is 4. The molecule has 138 valence electrons. The maximum Gasteiger partial charge on any atom is 0.309 e. The minimum Gasteiger partial charge on any atom is -0.437 e. The van der Waals surface area contributed by atoms with Crippen LogP contribution in [0, 0.1) is 11.8 Å². The van der Waals surface area contributed by atoms with Gasteiger partial charge < -0.3 is 9.32 Å². The lowest BCUT2D eigenvalue weighted by Gasteiger charge is -2.31. The van der Waals surface area contributed by atoms with E-state index in [1.807, 2.05) is 4.90 Å². The molecule has 0 spiro atoms. The maximum atomic E-state index is 12.7. The van der Waals surface area contributed by atoms with Gasteiger partial charge in [-0.15, -0.1) is 0 Å². The van der Waals surface area contributed by atoms with Crippen LogP contribution >= 0.6 is 0 Å². The first kappa shape index (κ1) is 17.1. The van der Waals surface area contributed by atoms with E-state index in [1.165, 1.54) is 45.1 Å². The quantitative estimate of drug-likeness (QED) is 0.841. The van der Waals surface area contributed by atoms with E-state index in [0.717, 1.165) is 56.4 Å². The van der Waals surface area contributed by atoms with Crippen LogP contribution < -0.4 is 0 Å². The van der Waals surface area contributed by atoms with Crippen LogP contribution in [0.2, 0.25) is 0 Å². The highest BCUT2D eigenvalue weighted by molar-refractivity contribution is 5.89. The second-order valence-corrected chi connectivity index (χ2v) is 8.38. The molecule has 4 rings (SSSR count). The first-order valence-corrected chi connectivity index (χ1v) is 10.2. The zero-order valence-corrected chi connectivity index (χ0v) is 15.5. The van der Waals surface area contributed by atoms with Gasteiger partial charge in [-0.25, -0.2) is 4.98 Å². The van der Waals surface area contributed by atoms with Crippen molar-refractivity contribution < 1.29 is 9.21 Å². The fourth-order valence-corrected chi connectivity index (χ4v) is 4.74. The number of fused-ring (bicyclic) bond motifs is 1. The third kappa shape index (κ3) is 3.91. The largest absolute Gasteiger partial charge is 0.437 e.